The number of halogens is 1. The molecule has 1 fully saturated rings. The van der Waals surface area contributed by atoms with Crippen LogP contribution < -0.4 is 5.73 Å². The van der Waals surface area contributed by atoms with E-state index in [0.29, 0.717) is 5.92 Å². The molecule has 1 heterocycles. The second-order valence-electron chi connectivity index (χ2n) is 4.62. The Hall–Kier alpha value is -0.990. The highest BCUT2D eigenvalue weighted by Gasteiger charge is 2.27. The number of aromatic nitrogens is 1. The largest absolute Gasteiger partial charge is 0.360 e. The van der Waals surface area contributed by atoms with Crippen LogP contribution in [0.1, 0.15) is 30.9 Å². The topological polar surface area (TPSA) is 41.8 Å². The normalized spacial score (nSPS) is 18.6. The molecule has 0 spiro atoms. The molecule has 16 heavy (non-hydrogen) atoms. The number of hydrogen-bond acceptors (Lipinski definition) is 1. The first-order valence-electron chi connectivity index (χ1n) is 5.78. The summed E-state index contributed by atoms with van der Waals surface area (Å²) >= 11 is 6.13. The lowest BCUT2D eigenvalue weighted by atomic mass is 9.77. The lowest BCUT2D eigenvalue weighted by Crippen LogP contribution is -2.26. The first-order valence-corrected chi connectivity index (χ1v) is 6.16. The summed E-state index contributed by atoms with van der Waals surface area (Å²) in [6.45, 7) is 0. The van der Waals surface area contributed by atoms with Crippen LogP contribution in [0.5, 0.6) is 0 Å². The number of H-pyrrole nitrogens is 1. The predicted octanol–water partition coefficient (Wildman–Crippen LogP) is 3.62. The molecule has 0 saturated heterocycles. The Morgan fingerprint density at radius 3 is 2.88 bits per heavy atom. The number of benzene rings is 1. The van der Waals surface area contributed by atoms with Crippen molar-refractivity contribution >= 4 is 22.5 Å². The monoisotopic (exact) mass is 234 g/mol. The maximum atomic E-state index is 6.30. The van der Waals surface area contributed by atoms with Gasteiger partial charge in [0.1, 0.15) is 0 Å². The van der Waals surface area contributed by atoms with Crippen molar-refractivity contribution in [3.8, 4) is 0 Å². The van der Waals surface area contributed by atoms with Gasteiger partial charge in [-0.2, -0.15) is 0 Å². The standard InChI is InChI=1S/C13H15ClN2/c14-11-6-2-5-9-10(7-16-13(9)11)12(15)8-3-1-4-8/h2,5-8,12,16H,1,3-4,15H2. The smallest absolute Gasteiger partial charge is 0.0647 e. The van der Waals surface area contributed by atoms with Crippen LogP contribution in [0.15, 0.2) is 24.4 Å². The highest BCUT2D eigenvalue weighted by atomic mass is 35.5. The number of hydrogen-bond donors (Lipinski definition) is 2. The molecule has 1 aliphatic carbocycles. The third-order valence-electron chi connectivity index (χ3n) is 3.71. The van der Waals surface area contributed by atoms with Crippen molar-refractivity contribution in [1.82, 2.24) is 4.98 Å². The van der Waals surface area contributed by atoms with E-state index in [-0.39, 0.29) is 6.04 Å². The molecule has 3 N–H and O–H groups in total. The molecule has 0 aliphatic heterocycles. The Kier molecular flexibility index (Phi) is 2.41. The van der Waals surface area contributed by atoms with E-state index in [2.05, 4.69) is 11.1 Å². The molecule has 1 aromatic heterocycles. The van der Waals surface area contributed by atoms with Gasteiger partial charge in [0, 0.05) is 17.6 Å². The van der Waals surface area contributed by atoms with Gasteiger partial charge in [0.05, 0.1) is 10.5 Å². The van der Waals surface area contributed by atoms with Gasteiger partial charge in [-0.25, -0.2) is 0 Å². The second-order valence-corrected chi connectivity index (χ2v) is 5.03. The Bertz CT molecular complexity index is 514. The van der Waals surface area contributed by atoms with Gasteiger partial charge in [-0.05, 0) is 30.4 Å². The summed E-state index contributed by atoms with van der Waals surface area (Å²) in [7, 11) is 0. The van der Waals surface area contributed by atoms with Gasteiger partial charge in [0.25, 0.3) is 0 Å². The highest BCUT2D eigenvalue weighted by molar-refractivity contribution is 6.35. The van der Waals surface area contributed by atoms with Gasteiger partial charge in [-0.15, -0.1) is 0 Å². The third kappa shape index (κ3) is 1.45. The maximum Gasteiger partial charge on any atom is 0.0647 e. The molecular weight excluding hydrogens is 220 g/mol. The van der Waals surface area contributed by atoms with Gasteiger partial charge in [0.2, 0.25) is 0 Å². The number of fused-ring (bicyclic) bond motifs is 1. The molecule has 1 atom stereocenters. The molecule has 3 heteroatoms. The van der Waals surface area contributed by atoms with Crippen LogP contribution in [0, 0.1) is 5.92 Å². The molecule has 1 aromatic carbocycles. The molecule has 0 radical (unpaired) electrons. The summed E-state index contributed by atoms with van der Waals surface area (Å²) < 4.78 is 0. The number of aromatic amines is 1. The zero-order chi connectivity index (χ0) is 11.1. The van der Waals surface area contributed by atoms with Crippen molar-refractivity contribution in [2.45, 2.75) is 25.3 Å². The first-order chi connectivity index (χ1) is 7.77. The van der Waals surface area contributed by atoms with Gasteiger partial charge < -0.3 is 10.7 Å². The van der Waals surface area contributed by atoms with Crippen molar-refractivity contribution in [3.63, 3.8) is 0 Å². The van der Waals surface area contributed by atoms with E-state index in [1.807, 2.05) is 18.3 Å². The fourth-order valence-electron chi connectivity index (χ4n) is 2.47. The average Bonchev–Trinajstić information content (AvgIpc) is 2.59. The zero-order valence-corrected chi connectivity index (χ0v) is 9.80. The molecule has 2 nitrogen and oxygen atoms in total. The Morgan fingerprint density at radius 1 is 1.38 bits per heavy atom. The Morgan fingerprint density at radius 2 is 2.19 bits per heavy atom. The van der Waals surface area contributed by atoms with Crippen LogP contribution in [0.3, 0.4) is 0 Å². The van der Waals surface area contributed by atoms with Crippen LogP contribution in [0.25, 0.3) is 10.9 Å². The highest BCUT2D eigenvalue weighted by Crippen LogP contribution is 2.39. The van der Waals surface area contributed by atoms with Crippen molar-refractivity contribution < 1.29 is 0 Å². The number of para-hydroxylation sites is 1. The lowest BCUT2D eigenvalue weighted by Gasteiger charge is -2.31. The van der Waals surface area contributed by atoms with E-state index in [1.54, 1.807) is 0 Å². The minimum Gasteiger partial charge on any atom is -0.360 e. The summed E-state index contributed by atoms with van der Waals surface area (Å²) in [6.07, 6.45) is 5.85. The van der Waals surface area contributed by atoms with Gasteiger partial charge in [-0.3, -0.25) is 0 Å². The fraction of sp³-hybridized carbons (Fsp3) is 0.385. The Labute approximate surface area is 99.8 Å². The van der Waals surface area contributed by atoms with Gasteiger partial charge in [-0.1, -0.05) is 30.2 Å². The number of nitrogens with two attached hydrogens (primary N) is 1. The minimum atomic E-state index is 0.154. The van der Waals surface area contributed by atoms with Crippen LogP contribution in [-0.2, 0) is 0 Å². The van der Waals surface area contributed by atoms with E-state index >= 15 is 0 Å². The van der Waals surface area contributed by atoms with E-state index in [0.717, 1.165) is 10.5 Å². The quantitative estimate of drug-likeness (QED) is 0.819. The third-order valence-corrected chi connectivity index (χ3v) is 4.03. The summed E-state index contributed by atoms with van der Waals surface area (Å²) in [5.74, 6) is 0.651. The Balaban J connectivity index is 2.06. The summed E-state index contributed by atoms with van der Waals surface area (Å²) in [6, 6.07) is 6.13. The maximum absolute atomic E-state index is 6.30. The number of rotatable bonds is 2. The van der Waals surface area contributed by atoms with Crippen LogP contribution >= 0.6 is 11.6 Å². The zero-order valence-electron chi connectivity index (χ0n) is 9.04. The van der Waals surface area contributed by atoms with Crippen molar-refractivity contribution in [1.29, 1.82) is 0 Å². The molecule has 3 rings (SSSR count). The molecule has 84 valence electrons. The van der Waals surface area contributed by atoms with Crippen molar-refractivity contribution in [3.05, 3.63) is 35.0 Å². The average molecular weight is 235 g/mol. The molecule has 1 aliphatic rings. The van der Waals surface area contributed by atoms with Crippen molar-refractivity contribution in [2.75, 3.05) is 0 Å². The minimum absolute atomic E-state index is 0.154. The summed E-state index contributed by atoms with van der Waals surface area (Å²) in [5.41, 5.74) is 8.52. The van der Waals surface area contributed by atoms with E-state index in [1.165, 1.54) is 30.2 Å². The summed E-state index contributed by atoms with van der Waals surface area (Å²) in [4.78, 5) is 3.23. The van der Waals surface area contributed by atoms with E-state index in [4.69, 9.17) is 17.3 Å². The van der Waals surface area contributed by atoms with Crippen molar-refractivity contribution in [2.24, 2.45) is 11.7 Å². The molecule has 0 bridgehead atoms. The lowest BCUT2D eigenvalue weighted by molar-refractivity contribution is 0.265. The van der Waals surface area contributed by atoms with Crippen LogP contribution in [-0.4, -0.2) is 4.98 Å². The SMILES string of the molecule is NC(c1c[nH]c2c(Cl)cccc12)C1CCC1. The predicted molar refractivity (Wildman–Crippen MR) is 67.6 cm³/mol. The number of nitrogens with one attached hydrogen (secondary N) is 1. The van der Waals surface area contributed by atoms with E-state index in [9.17, 15) is 0 Å². The second kappa shape index (κ2) is 3.79. The molecule has 1 unspecified atom stereocenters. The molecular formula is C13H15ClN2. The first kappa shape index (κ1) is 10.2. The van der Waals surface area contributed by atoms with Gasteiger partial charge >= 0.3 is 0 Å². The molecule has 2 aromatic rings. The summed E-state index contributed by atoms with van der Waals surface area (Å²) in [5, 5.41) is 1.94. The fourth-order valence-corrected chi connectivity index (χ4v) is 2.70. The van der Waals surface area contributed by atoms with E-state index < -0.39 is 0 Å². The van der Waals surface area contributed by atoms with Crippen LogP contribution in [0.2, 0.25) is 5.02 Å². The molecule has 1 saturated carbocycles. The van der Waals surface area contributed by atoms with Gasteiger partial charge in [0.15, 0.2) is 0 Å². The molecule has 0 amide bonds. The van der Waals surface area contributed by atoms with Crippen LogP contribution in [0.4, 0.5) is 0 Å².